The highest BCUT2D eigenvalue weighted by Crippen LogP contribution is 2.28. The van der Waals surface area contributed by atoms with Crippen LogP contribution >= 0.6 is 23.2 Å². The molecule has 94 valence electrons. The fourth-order valence-electron chi connectivity index (χ4n) is 2.26. The third-order valence-electron chi connectivity index (χ3n) is 3.26. The molecule has 0 saturated carbocycles. The number of ether oxygens (including phenoxy) is 1. The minimum Gasteiger partial charge on any atom is -0.381 e. The first-order chi connectivity index (χ1) is 8.09. The fraction of sp³-hybridized carbons (Fsp3) is 0.538. The van der Waals surface area contributed by atoms with Crippen LogP contribution in [0.25, 0.3) is 0 Å². The van der Waals surface area contributed by atoms with Crippen LogP contribution in [0, 0.1) is 0 Å². The molecule has 1 fully saturated rings. The zero-order chi connectivity index (χ0) is 12.3. The van der Waals surface area contributed by atoms with Crippen molar-refractivity contribution in [3.05, 3.63) is 33.8 Å². The third kappa shape index (κ3) is 3.59. The topological polar surface area (TPSA) is 35.2 Å². The molecule has 0 radical (unpaired) electrons. The Hall–Kier alpha value is -0.280. The van der Waals surface area contributed by atoms with Gasteiger partial charge in [-0.2, -0.15) is 0 Å². The molecule has 0 aromatic heterocycles. The highest BCUT2D eigenvalue weighted by molar-refractivity contribution is 6.33. The molecule has 1 unspecified atom stereocenters. The quantitative estimate of drug-likeness (QED) is 0.896. The van der Waals surface area contributed by atoms with E-state index >= 15 is 0 Å². The van der Waals surface area contributed by atoms with Crippen molar-refractivity contribution in [3.63, 3.8) is 0 Å². The number of rotatable bonds is 2. The first kappa shape index (κ1) is 13.2. The zero-order valence-electron chi connectivity index (χ0n) is 9.72. The summed E-state index contributed by atoms with van der Waals surface area (Å²) in [6.45, 7) is 1.54. The van der Waals surface area contributed by atoms with Crippen molar-refractivity contribution >= 4 is 23.2 Å². The van der Waals surface area contributed by atoms with Gasteiger partial charge in [-0.3, -0.25) is 0 Å². The van der Waals surface area contributed by atoms with E-state index in [1.807, 2.05) is 12.1 Å². The molecular weight excluding hydrogens is 257 g/mol. The van der Waals surface area contributed by atoms with Gasteiger partial charge in [0.05, 0.1) is 0 Å². The average Bonchev–Trinajstić information content (AvgIpc) is 2.49. The van der Waals surface area contributed by atoms with E-state index in [4.69, 9.17) is 33.7 Å². The summed E-state index contributed by atoms with van der Waals surface area (Å²) in [4.78, 5) is 0. The van der Waals surface area contributed by atoms with Crippen LogP contribution in [-0.2, 0) is 11.2 Å². The van der Waals surface area contributed by atoms with Crippen LogP contribution in [0.2, 0.25) is 10.0 Å². The molecular formula is C13H17Cl2NO. The van der Waals surface area contributed by atoms with Crippen LogP contribution in [0.15, 0.2) is 18.2 Å². The van der Waals surface area contributed by atoms with Gasteiger partial charge in [-0.15, -0.1) is 0 Å². The van der Waals surface area contributed by atoms with Crippen LogP contribution in [-0.4, -0.2) is 18.8 Å². The molecule has 2 nitrogen and oxygen atoms in total. The lowest BCUT2D eigenvalue weighted by Gasteiger charge is -2.28. The Morgan fingerprint density at radius 2 is 2.06 bits per heavy atom. The highest BCUT2D eigenvalue weighted by Gasteiger charge is 2.27. The van der Waals surface area contributed by atoms with Crippen LogP contribution in [0.1, 0.15) is 24.8 Å². The minimum atomic E-state index is -0.217. The lowest BCUT2D eigenvalue weighted by molar-refractivity contribution is 0.139. The second-order valence-electron chi connectivity index (χ2n) is 4.74. The summed E-state index contributed by atoms with van der Waals surface area (Å²) in [5.41, 5.74) is 7.24. The second-order valence-corrected chi connectivity index (χ2v) is 5.58. The van der Waals surface area contributed by atoms with E-state index < -0.39 is 0 Å². The Labute approximate surface area is 112 Å². The Bertz CT molecular complexity index is 387. The number of nitrogens with two attached hydrogens (primary N) is 1. The number of halogens is 2. The molecule has 1 aliphatic rings. The summed E-state index contributed by atoms with van der Waals surface area (Å²) < 4.78 is 5.44. The van der Waals surface area contributed by atoms with Gasteiger partial charge in [0, 0.05) is 28.8 Å². The maximum absolute atomic E-state index is 6.43. The summed E-state index contributed by atoms with van der Waals surface area (Å²) in [6, 6.07) is 5.53. The summed E-state index contributed by atoms with van der Waals surface area (Å²) >= 11 is 12.2. The molecule has 1 heterocycles. The van der Waals surface area contributed by atoms with Gasteiger partial charge in [0.1, 0.15) is 0 Å². The Morgan fingerprint density at radius 1 is 1.24 bits per heavy atom. The van der Waals surface area contributed by atoms with Gasteiger partial charge >= 0.3 is 0 Å². The Kier molecular flexibility index (Phi) is 4.31. The van der Waals surface area contributed by atoms with E-state index in [2.05, 4.69) is 0 Å². The maximum Gasteiger partial charge on any atom is 0.0483 e. The third-order valence-corrected chi connectivity index (χ3v) is 3.86. The van der Waals surface area contributed by atoms with Gasteiger partial charge in [-0.1, -0.05) is 23.2 Å². The molecule has 0 amide bonds. The molecule has 1 aromatic carbocycles. The fourth-order valence-corrected chi connectivity index (χ4v) is 2.64. The number of hydrogen-bond donors (Lipinski definition) is 1. The second kappa shape index (κ2) is 5.57. The molecule has 1 aromatic rings. The monoisotopic (exact) mass is 273 g/mol. The number of hydrogen-bond acceptors (Lipinski definition) is 2. The van der Waals surface area contributed by atoms with Gasteiger partial charge in [0.25, 0.3) is 0 Å². The van der Waals surface area contributed by atoms with Crippen molar-refractivity contribution in [1.82, 2.24) is 0 Å². The number of benzene rings is 1. The lowest BCUT2D eigenvalue weighted by Crippen LogP contribution is -2.42. The summed E-state index contributed by atoms with van der Waals surface area (Å²) in [5.74, 6) is 0. The van der Waals surface area contributed by atoms with Crippen LogP contribution in [0.5, 0.6) is 0 Å². The molecule has 1 saturated heterocycles. The van der Waals surface area contributed by atoms with Gasteiger partial charge in [-0.25, -0.2) is 0 Å². The van der Waals surface area contributed by atoms with Crippen LogP contribution in [0.4, 0.5) is 0 Å². The molecule has 0 bridgehead atoms. The van der Waals surface area contributed by atoms with Crippen molar-refractivity contribution in [1.29, 1.82) is 0 Å². The van der Waals surface area contributed by atoms with E-state index in [9.17, 15) is 0 Å². The van der Waals surface area contributed by atoms with Gasteiger partial charge in [0.15, 0.2) is 0 Å². The van der Waals surface area contributed by atoms with Gasteiger partial charge in [0.2, 0.25) is 0 Å². The largest absolute Gasteiger partial charge is 0.381 e. The average molecular weight is 274 g/mol. The predicted octanol–water partition coefficient (Wildman–Crippen LogP) is 3.43. The molecule has 0 spiro atoms. The smallest absolute Gasteiger partial charge is 0.0483 e. The van der Waals surface area contributed by atoms with Gasteiger partial charge in [-0.05, 0) is 49.4 Å². The van der Waals surface area contributed by atoms with Crippen molar-refractivity contribution in [2.75, 3.05) is 13.2 Å². The lowest BCUT2D eigenvalue weighted by atomic mass is 9.85. The summed E-state index contributed by atoms with van der Waals surface area (Å²) in [5, 5.41) is 1.45. The first-order valence-electron chi connectivity index (χ1n) is 5.90. The molecule has 2 rings (SSSR count). The molecule has 1 aliphatic heterocycles. The van der Waals surface area contributed by atoms with Crippen LogP contribution < -0.4 is 5.73 Å². The molecule has 1 atom stereocenters. The van der Waals surface area contributed by atoms with E-state index in [1.54, 1.807) is 6.07 Å². The van der Waals surface area contributed by atoms with Crippen molar-refractivity contribution < 1.29 is 4.74 Å². The normalized spacial score (nSPS) is 25.6. The SMILES string of the molecule is NC1(Cc2cc(Cl)ccc2Cl)CCCOCC1. The van der Waals surface area contributed by atoms with Gasteiger partial charge < -0.3 is 10.5 Å². The Morgan fingerprint density at radius 3 is 2.88 bits per heavy atom. The van der Waals surface area contributed by atoms with Crippen LogP contribution in [0.3, 0.4) is 0 Å². The van der Waals surface area contributed by atoms with E-state index in [0.29, 0.717) is 5.02 Å². The van der Waals surface area contributed by atoms with Crippen molar-refractivity contribution in [3.8, 4) is 0 Å². The van der Waals surface area contributed by atoms with E-state index in [1.165, 1.54) is 0 Å². The highest BCUT2D eigenvalue weighted by atomic mass is 35.5. The summed E-state index contributed by atoms with van der Waals surface area (Å²) in [7, 11) is 0. The molecule has 0 aliphatic carbocycles. The van der Waals surface area contributed by atoms with E-state index in [0.717, 1.165) is 49.5 Å². The minimum absolute atomic E-state index is 0.217. The molecule has 4 heteroatoms. The van der Waals surface area contributed by atoms with E-state index in [-0.39, 0.29) is 5.54 Å². The van der Waals surface area contributed by atoms with Crippen molar-refractivity contribution in [2.24, 2.45) is 5.73 Å². The standard InChI is InChI=1S/C13H17Cl2NO/c14-11-2-3-12(15)10(8-11)9-13(16)4-1-6-17-7-5-13/h2-3,8H,1,4-7,9,16H2. The Balaban J connectivity index is 2.15. The summed E-state index contributed by atoms with van der Waals surface area (Å²) in [6.07, 6.45) is 3.61. The first-order valence-corrected chi connectivity index (χ1v) is 6.65. The maximum atomic E-state index is 6.43. The zero-order valence-corrected chi connectivity index (χ0v) is 11.2. The molecule has 17 heavy (non-hydrogen) atoms. The predicted molar refractivity (Wildman–Crippen MR) is 71.8 cm³/mol. The van der Waals surface area contributed by atoms with Crippen molar-refractivity contribution in [2.45, 2.75) is 31.2 Å². The molecule has 2 N–H and O–H groups in total.